The molecule has 0 heterocycles. The first-order valence-corrected chi connectivity index (χ1v) is 6.61. The van der Waals surface area contributed by atoms with Gasteiger partial charge in [0.2, 0.25) is 0 Å². The summed E-state index contributed by atoms with van der Waals surface area (Å²) in [7, 11) is 0. The van der Waals surface area contributed by atoms with Crippen molar-refractivity contribution < 1.29 is 4.79 Å². The van der Waals surface area contributed by atoms with E-state index in [9.17, 15) is 4.79 Å². The van der Waals surface area contributed by atoms with Crippen molar-refractivity contribution in [3.63, 3.8) is 0 Å². The molecule has 6 heteroatoms. The van der Waals surface area contributed by atoms with Crippen molar-refractivity contribution >= 4 is 46.3 Å². The van der Waals surface area contributed by atoms with Gasteiger partial charge < -0.3 is 16.4 Å². The van der Waals surface area contributed by atoms with Gasteiger partial charge in [-0.25, -0.2) is 4.79 Å². The summed E-state index contributed by atoms with van der Waals surface area (Å²) in [6.07, 6.45) is 0. The minimum atomic E-state index is -0.427. The molecule has 0 saturated heterocycles. The Labute approximate surface area is 126 Å². The number of halogens is 2. The first-order valence-electron chi connectivity index (χ1n) is 5.85. The van der Waals surface area contributed by atoms with E-state index >= 15 is 0 Å². The number of urea groups is 1. The Balaban J connectivity index is 2.12. The SMILES string of the molecule is Cc1ccc(Cl)c(NC(=O)Nc2ccc(N)cc2)c1Cl. The Morgan fingerprint density at radius 2 is 1.70 bits per heavy atom. The van der Waals surface area contributed by atoms with Gasteiger partial charge in [0.05, 0.1) is 15.7 Å². The Hall–Kier alpha value is -1.91. The van der Waals surface area contributed by atoms with Gasteiger partial charge in [0, 0.05) is 11.4 Å². The number of nitrogens with two attached hydrogens (primary N) is 1. The Morgan fingerprint density at radius 1 is 1.05 bits per heavy atom. The average Bonchev–Trinajstić information content (AvgIpc) is 2.42. The smallest absolute Gasteiger partial charge is 0.323 e. The van der Waals surface area contributed by atoms with Crippen molar-refractivity contribution in [2.75, 3.05) is 16.4 Å². The number of nitrogens with one attached hydrogen (secondary N) is 2. The highest BCUT2D eigenvalue weighted by atomic mass is 35.5. The monoisotopic (exact) mass is 309 g/mol. The fourth-order valence-electron chi connectivity index (χ4n) is 1.61. The summed E-state index contributed by atoms with van der Waals surface area (Å²) in [4.78, 5) is 11.9. The summed E-state index contributed by atoms with van der Waals surface area (Å²) in [5.74, 6) is 0. The molecule has 0 fully saturated rings. The molecule has 0 aliphatic heterocycles. The number of rotatable bonds is 2. The summed E-state index contributed by atoms with van der Waals surface area (Å²) in [6, 6.07) is 9.84. The second-order valence-corrected chi connectivity index (χ2v) is 5.04. The molecule has 0 aliphatic carbocycles. The van der Waals surface area contributed by atoms with Crippen LogP contribution in [0.3, 0.4) is 0 Å². The molecular formula is C14H13Cl2N3O. The molecule has 0 spiro atoms. The predicted octanol–water partition coefficient (Wildman–Crippen LogP) is 4.53. The van der Waals surface area contributed by atoms with E-state index in [2.05, 4.69) is 10.6 Å². The zero-order chi connectivity index (χ0) is 14.7. The van der Waals surface area contributed by atoms with Crippen LogP contribution >= 0.6 is 23.2 Å². The number of nitrogen functional groups attached to an aromatic ring is 1. The van der Waals surface area contributed by atoms with Crippen LogP contribution in [-0.4, -0.2) is 6.03 Å². The normalized spacial score (nSPS) is 10.2. The lowest BCUT2D eigenvalue weighted by Gasteiger charge is -2.12. The number of hydrogen-bond acceptors (Lipinski definition) is 2. The van der Waals surface area contributed by atoms with Crippen LogP contribution in [0.4, 0.5) is 21.9 Å². The summed E-state index contributed by atoms with van der Waals surface area (Å²) in [6.45, 7) is 1.84. The highest BCUT2D eigenvalue weighted by Crippen LogP contribution is 2.32. The van der Waals surface area contributed by atoms with Crippen LogP contribution in [-0.2, 0) is 0 Å². The highest BCUT2D eigenvalue weighted by Gasteiger charge is 2.11. The van der Waals surface area contributed by atoms with Crippen molar-refractivity contribution in [3.8, 4) is 0 Å². The van der Waals surface area contributed by atoms with Crippen LogP contribution in [0.25, 0.3) is 0 Å². The number of benzene rings is 2. The molecule has 4 nitrogen and oxygen atoms in total. The fraction of sp³-hybridized carbons (Fsp3) is 0.0714. The van der Waals surface area contributed by atoms with Crippen LogP contribution in [0.1, 0.15) is 5.56 Å². The molecule has 2 rings (SSSR count). The first-order chi connectivity index (χ1) is 9.47. The molecule has 104 valence electrons. The maximum absolute atomic E-state index is 11.9. The summed E-state index contributed by atoms with van der Waals surface area (Å²) >= 11 is 12.1. The third-order valence-electron chi connectivity index (χ3n) is 2.69. The van der Waals surface area contributed by atoms with Gasteiger partial charge in [-0.05, 0) is 42.8 Å². The summed E-state index contributed by atoms with van der Waals surface area (Å²) in [5.41, 5.74) is 8.04. The van der Waals surface area contributed by atoms with E-state index in [1.54, 1.807) is 36.4 Å². The summed E-state index contributed by atoms with van der Waals surface area (Å²) in [5, 5.41) is 6.11. The number of carbonyl (C=O) groups is 1. The number of anilines is 3. The van der Waals surface area contributed by atoms with Crippen LogP contribution in [0, 0.1) is 6.92 Å². The summed E-state index contributed by atoms with van der Waals surface area (Å²) < 4.78 is 0. The molecule has 2 aromatic rings. The number of carbonyl (C=O) groups excluding carboxylic acids is 1. The quantitative estimate of drug-likeness (QED) is 0.713. The topological polar surface area (TPSA) is 67.2 Å². The molecular weight excluding hydrogens is 297 g/mol. The Bertz CT molecular complexity index is 642. The van der Waals surface area contributed by atoms with Crippen LogP contribution in [0.2, 0.25) is 10.0 Å². The zero-order valence-electron chi connectivity index (χ0n) is 10.7. The Kier molecular flexibility index (Phi) is 4.37. The molecule has 0 aromatic heterocycles. The molecule has 2 aromatic carbocycles. The van der Waals surface area contributed by atoms with Gasteiger partial charge in [-0.3, -0.25) is 0 Å². The number of hydrogen-bond donors (Lipinski definition) is 3. The van der Waals surface area contributed by atoms with Gasteiger partial charge in [0.15, 0.2) is 0 Å². The predicted molar refractivity (Wildman–Crippen MR) is 84.7 cm³/mol. The van der Waals surface area contributed by atoms with Crippen LogP contribution < -0.4 is 16.4 Å². The maximum Gasteiger partial charge on any atom is 0.323 e. The van der Waals surface area contributed by atoms with E-state index in [0.29, 0.717) is 27.1 Å². The molecule has 0 radical (unpaired) electrons. The second-order valence-electron chi connectivity index (χ2n) is 4.25. The fourth-order valence-corrected chi connectivity index (χ4v) is 2.08. The molecule has 0 aliphatic rings. The van der Waals surface area contributed by atoms with Crippen molar-refractivity contribution in [2.45, 2.75) is 6.92 Å². The number of aryl methyl sites for hydroxylation is 1. The van der Waals surface area contributed by atoms with E-state index in [-0.39, 0.29) is 0 Å². The van der Waals surface area contributed by atoms with Crippen molar-refractivity contribution in [2.24, 2.45) is 0 Å². The molecule has 0 saturated carbocycles. The van der Waals surface area contributed by atoms with Gasteiger partial charge in [-0.2, -0.15) is 0 Å². The lowest BCUT2D eigenvalue weighted by Crippen LogP contribution is -2.20. The van der Waals surface area contributed by atoms with Crippen molar-refractivity contribution in [1.82, 2.24) is 0 Å². The molecule has 20 heavy (non-hydrogen) atoms. The van der Waals surface area contributed by atoms with Gasteiger partial charge in [0.1, 0.15) is 0 Å². The highest BCUT2D eigenvalue weighted by molar-refractivity contribution is 6.40. The molecule has 0 bridgehead atoms. The van der Waals surface area contributed by atoms with E-state index in [1.807, 2.05) is 6.92 Å². The van der Waals surface area contributed by atoms with Crippen molar-refractivity contribution in [3.05, 3.63) is 52.0 Å². The van der Waals surface area contributed by atoms with Crippen LogP contribution in [0.5, 0.6) is 0 Å². The third kappa shape index (κ3) is 3.35. The third-order valence-corrected chi connectivity index (χ3v) is 3.49. The lowest BCUT2D eigenvalue weighted by molar-refractivity contribution is 0.262. The lowest BCUT2D eigenvalue weighted by atomic mass is 10.2. The first kappa shape index (κ1) is 14.5. The molecule has 0 atom stereocenters. The van der Waals surface area contributed by atoms with Crippen LogP contribution in [0.15, 0.2) is 36.4 Å². The van der Waals surface area contributed by atoms with Gasteiger partial charge >= 0.3 is 6.03 Å². The van der Waals surface area contributed by atoms with Gasteiger partial charge in [0.25, 0.3) is 0 Å². The standard InChI is InChI=1S/C14H13Cl2N3O/c1-8-2-7-11(15)13(12(8)16)19-14(20)18-10-5-3-9(17)4-6-10/h2-7H,17H2,1H3,(H2,18,19,20). The molecule has 0 unspecified atom stereocenters. The largest absolute Gasteiger partial charge is 0.399 e. The Morgan fingerprint density at radius 3 is 2.35 bits per heavy atom. The maximum atomic E-state index is 11.9. The second kappa shape index (κ2) is 6.03. The van der Waals surface area contributed by atoms with Gasteiger partial charge in [-0.1, -0.05) is 29.3 Å². The van der Waals surface area contributed by atoms with E-state index in [4.69, 9.17) is 28.9 Å². The zero-order valence-corrected chi connectivity index (χ0v) is 12.2. The average molecular weight is 310 g/mol. The number of amides is 2. The minimum Gasteiger partial charge on any atom is -0.399 e. The van der Waals surface area contributed by atoms with Gasteiger partial charge in [-0.15, -0.1) is 0 Å². The molecule has 4 N–H and O–H groups in total. The minimum absolute atomic E-state index is 0.382. The van der Waals surface area contributed by atoms with Crippen molar-refractivity contribution in [1.29, 1.82) is 0 Å². The molecule has 2 amide bonds. The van der Waals surface area contributed by atoms with E-state index in [1.165, 1.54) is 0 Å². The van der Waals surface area contributed by atoms with E-state index < -0.39 is 6.03 Å². The van der Waals surface area contributed by atoms with E-state index in [0.717, 1.165) is 5.56 Å².